The fourth-order valence-electron chi connectivity index (χ4n) is 1.47. The van der Waals surface area contributed by atoms with E-state index in [0.717, 1.165) is 0 Å². The minimum Gasteiger partial charge on any atom is -0.383 e. The van der Waals surface area contributed by atoms with Crippen LogP contribution in [0.15, 0.2) is 30.3 Å². The lowest BCUT2D eigenvalue weighted by molar-refractivity contribution is -0.129. The highest BCUT2D eigenvalue weighted by molar-refractivity contribution is 5.89. The number of nitrogens with one attached hydrogen (secondary N) is 1. The zero-order valence-electron chi connectivity index (χ0n) is 10.5. The zero-order valence-corrected chi connectivity index (χ0v) is 11.4. The van der Waals surface area contributed by atoms with Crippen LogP contribution in [0.25, 0.3) is 0 Å². The smallest absolute Gasteiger partial charge is 0.244 e. The van der Waals surface area contributed by atoms with Crippen LogP contribution < -0.4 is 16.8 Å². The summed E-state index contributed by atoms with van der Waals surface area (Å²) in [6, 6.07) is 7.01. The molecule has 0 bridgehead atoms. The monoisotopic (exact) mass is 287 g/mol. The Bertz CT molecular complexity index is 414. The van der Waals surface area contributed by atoms with Crippen LogP contribution >= 0.6 is 12.4 Å². The molecule has 0 aliphatic carbocycles. The van der Waals surface area contributed by atoms with E-state index in [2.05, 4.69) is 5.32 Å². The van der Waals surface area contributed by atoms with Crippen molar-refractivity contribution in [3.8, 4) is 0 Å². The topological polar surface area (TPSA) is 107 Å². The number of carbonyl (C=O) groups excluding carboxylic acids is 2. The summed E-state index contributed by atoms with van der Waals surface area (Å²) < 4.78 is 4.77. The van der Waals surface area contributed by atoms with E-state index in [9.17, 15) is 9.59 Å². The van der Waals surface area contributed by atoms with Crippen LogP contribution in [0.2, 0.25) is 0 Å². The number of hydrogen-bond acceptors (Lipinski definition) is 4. The molecule has 6 nitrogen and oxygen atoms in total. The third-order valence-electron chi connectivity index (χ3n) is 2.39. The number of hydrogen-bond donors (Lipinski definition) is 3. The molecule has 0 aromatic heterocycles. The highest BCUT2D eigenvalue weighted by Gasteiger charge is 2.23. The van der Waals surface area contributed by atoms with Gasteiger partial charge in [-0.1, -0.05) is 30.3 Å². The lowest BCUT2D eigenvalue weighted by atomic mass is 10.1. The van der Waals surface area contributed by atoms with Crippen LogP contribution in [0.5, 0.6) is 0 Å². The van der Waals surface area contributed by atoms with Crippen molar-refractivity contribution in [2.24, 2.45) is 11.5 Å². The maximum absolute atomic E-state index is 11.7. The standard InChI is InChI=1S/C12H17N3O3.ClH/c1-18-7-9(13)12(17)15-10(11(14)16)8-5-3-2-4-6-8;/h2-6,9-10H,7,13H2,1H3,(H2,14,16)(H,15,17);1H. The first kappa shape index (κ1) is 17.4. The molecule has 106 valence electrons. The maximum atomic E-state index is 11.7. The predicted molar refractivity (Wildman–Crippen MR) is 73.6 cm³/mol. The van der Waals surface area contributed by atoms with Crippen molar-refractivity contribution >= 4 is 24.2 Å². The quantitative estimate of drug-likeness (QED) is 0.669. The van der Waals surface area contributed by atoms with Crippen molar-refractivity contribution in [2.45, 2.75) is 12.1 Å². The molecule has 0 fully saturated rings. The Morgan fingerprint density at radius 2 is 1.89 bits per heavy atom. The number of halogens is 1. The van der Waals surface area contributed by atoms with E-state index >= 15 is 0 Å². The van der Waals surface area contributed by atoms with Crippen LogP contribution in [-0.2, 0) is 14.3 Å². The SMILES string of the molecule is COCC(N)C(=O)NC(C(N)=O)c1ccccc1.Cl. The Balaban J connectivity index is 0.00000324. The Morgan fingerprint density at radius 1 is 1.32 bits per heavy atom. The van der Waals surface area contributed by atoms with Gasteiger partial charge in [0.1, 0.15) is 12.1 Å². The highest BCUT2D eigenvalue weighted by Crippen LogP contribution is 2.11. The number of primary amides is 1. The molecule has 2 atom stereocenters. The second-order valence-electron chi connectivity index (χ2n) is 3.82. The molecule has 1 aromatic rings. The minimum absolute atomic E-state index is 0. The van der Waals surface area contributed by atoms with Crippen molar-refractivity contribution < 1.29 is 14.3 Å². The second-order valence-corrected chi connectivity index (χ2v) is 3.82. The molecule has 2 unspecified atom stereocenters. The average molecular weight is 288 g/mol. The number of benzene rings is 1. The molecular weight excluding hydrogens is 270 g/mol. The van der Waals surface area contributed by atoms with E-state index in [-0.39, 0.29) is 19.0 Å². The van der Waals surface area contributed by atoms with Gasteiger partial charge in [-0.25, -0.2) is 0 Å². The van der Waals surface area contributed by atoms with Gasteiger partial charge in [0.25, 0.3) is 0 Å². The molecule has 0 saturated carbocycles. The molecule has 0 spiro atoms. The van der Waals surface area contributed by atoms with Gasteiger partial charge in [0.2, 0.25) is 11.8 Å². The normalized spacial score (nSPS) is 12.9. The van der Waals surface area contributed by atoms with Gasteiger partial charge in [-0.3, -0.25) is 9.59 Å². The first-order valence-corrected chi connectivity index (χ1v) is 5.45. The van der Waals surface area contributed by atoms with Gasteiger partial charge in [0, 0.05) is 7.11 Å². The summed E-state index contributed by atoms with van der Waals surface area (Å²) in [4.78, 5) is 23.0. The zero-order chi connectivity index (χ0) is 13.5. The fraction of sp³-hybridized carbons (Fsp3) is 0.333. The van der Waals surface area contributed by atoms with Gasteiger partial charge in [-0.05, 0) is 5.56 Å². The Morgan fingerprint density at radius 3 is 2.37 bits per heavy atom. The van der Waals surface area contributed by atoms with Gasteiger partial charge in [0.15, 0.2) is 0 Å². The van der Waals surface area contributed by atoms with Crippen molar-refractivity contribution in [3.05, 3.63) is 35.9 Å². The minimum atomic E-state index is -0.887. The number of methoxy groups -OCH3 is 1. The molecular formula is C12H18ClN3O3. The van der Waals surface area contributed by atoms with E-state index in [1.165, 1.54) is 7.11 Å². The van der Waals surface area contributed by atoms with Gasteiger partial charge in [-0.15, -0.1) is 12.4 Å². The average Bonchev–Trinajstić information content (AvgIpc) is 2.36. The van der Waals surface area contributed by atoms with Gasteiger partial charge >= 0.3 is 0 Å². The molecule has 0 aliphatic rings. The first-order chi connectivity index (χ1) is 8.56. The number of nitrogens with two attached hydrogens (primary N) is 2. The van der Waals surface area contributed by atoms with E-state index < -0.39 is 23.9 Å². The summed E-state index contributed by atoms with van der Waals surface area (Å²) in [6.45, 7) is 0.0755. The van der Waals surface area contributed by atoms with E-state index in [0.29, 0.717) is 5.56 Å². The maximum Gasteiger partial charge on any atom is 0.244 e. The number of carbonyl (C=O) groups is 2. The Kier molecular flexibility index (Phi) is 7.74. The van der Waals surface area contributed by atoms with Crippen LogP contribution in [-0.4, -0.2) is 31.6 Å². The molecule has 7 heteroatoms. The lowest BCUT2D eigenvalue weighted by Gasteiger charge is -2.18. The van der Waals surface area contributed by atoms with Gasteiger partial charge in [-0.2, -0.15) is 0 Å². The van der Waals surface area contributed by atoms with Crippen molar-refractivity contribution in [1.82, 2.24) is 5.32 Å². The summed E-state index contributed by atoms with van der Waals surface area (Å²) in [5.41, 5.74) is 11.4. The third-order valence-corrected chi connectivity index (χ3v) is 2.39. The first-order valence-electron chi connectivity index (χ1n) is 5.45. The van der Waals surface area contributed by atoms with Gasteiger partial charge < -0.3 is 21.5 Å². The molecule has 0 radical (unpaired) electrons. The Labute approximate surface area is 117 Å². The molecule has 0 aliphatic heterocycles. The summed E-state index contributed by atoms with van der Waals surface area (Å²) in [7, 11) is 1.44. The second kappa shape index (κ2) is 8.47. The molecule has 1 aromatic carbocycles. The third kappa shape index (κ3) is 5.25. The van der Waals surface area contributed by atoms with Crippen LogP contribution in [0, 0.1) is 0 Å². The van der Waals surface area contributed by atoms with E-state index in [1.54, 1.807) is 30.3 Å². The van der Waals surface area contributed by atoms with Crippen molar-refractivity contribution in [3.63, 3.8) is 0 Å². The molecule has 19 heavy (non-hydrogen) atoms. The predicted octanol–water partition coefficient (Wildman–Crippen LogP) is -0.275. The van der Waals surface area contributed by atoms with Crippen molar-refractivity contribution in [2.75, 3.05) is 13.7 Å². The van der Waals surface area contributed by atoms with Gasteiger partial charge in [0.05, 0.1) is 6.61 Å². The fourth-order valence-corrected chi connectivity index (χ4v) is 1.47. The number of rotatable bonds is 6. The summed E-state index contributed by atoms with van der Waals surface area (Å²) >= 11 is 0. The molecule has 5 N–H and O–H groups in total. The lowest BCUT2D eigenvalue weighted by Crippen LogP contribution is -2.47. The Hall–Kier alpha value is -1.63. The number of amides is 2. The van der Waals surface area contributed by atoms with E-state index in [4.69, 9.17) is 16.2 Å². The molecule has 1 rings (SSSR count). The summed E-state index contributed by atoms with van der Waals surface area (Å²) in [5.74, 6) is -1.12. The molecule has 0 saturated heterocycles. The highest BCUT2D eigenvalue weighted by atomic mass is 35.5. The largest absolute Gasteiger partial charge is 0.383 e. The van der Waals surface area contributed by atoms with Crippen LogP contribution in [0.1, 0.15) is 11.6 Å². The van der Waals surface area contributed by atoms with Crippen LogP contribution in [0.4, 0.5) is 0 Å². The van der Waals surface area contributed by atoms with Crippen molar-refractivity contribution in [1.29, 1.82) is 0 Å². The summed E-state index contributed by atoms with van der Waals surface area (Å²) in [6.07, 6.45) is 0. The molecule has 0 heterocycles. The summed E-state index contributed by atoms with van der Waals surface area (Å²) in [5, 5.41) is 2.50. The van der Waals surface area contributed by atoms with E-state index in [1.807, 2.05) is 0 Å². The molecule has 2 amide bonds. The number of ether oxygens (including phenoxy) is 1. The van der Waals surface area contributed by atoms with Crippen LogP contribution in [0.3, 0.4) is 0 Å².